The Hall–Kier alpha value is -3.45. The Morgan fingerprint density at radius 3 is 1.93 bits per heavy atom. The molecule has 1 heterocycles. The van der Waals surface area contributed by atoms with Crippen molar-refractivity contribution in [2.45, 2.75) is 6.18 Å². The molecule has 0 aliphatic rings. The number of hydrogen-bond acceptors (Lipinski definition) is 3. The summed E-state index contributed by atoms with van der Waals surface area (Å²) in [6, 6.07) is 23.1. The van der Waals surface area contributed by atoms with E-state index in [1.165, 1.54) is 23.5 Å². The van der Waals surface area contributed by atoms with E-state index >= 15 is 0 Å². The molecule has 7 heteroatoms. The minimum Gasteiger partial charge on any atom is -0.312 e. The summed E-state index contributed by atoms with van der Waals surface area (Å²) >= 11 is 1.31. The van der Waals surface area contributed by atoms with E-state index < -0.39 is 17.6 Å². The molecule has 1 amide bonds. The van der Waals surface area contributed by atoms with Crippen LogP contribution in [0.25, 0.3) is 21.8 Å². The van der Waals surface area contributed by atoms with Crippen molar-refractivity contribution in [1.82, 2.24) is 4.98 Å². The van der Waals surface area contributed by atoms with E-state index in [-0.39, 0.29) is 5.56 Å². The van der Waals surface area contributed by atoms with Crippen molar-refractivity contribution in [3.63, 3.8) is 0 Å². The fourth-order valence-corrected chi connectivity index (χ4v) is 3.87. The molecule has 1 aromatic heterocycles. The van der Waals surface area contributed by atoms with Gasteiger partial charge in [-0.1, -0.05) is 72.0 Å². The first kappa shape index (κ1) is 19.8. The van der Waals surface area contributed by atoms with Gasteiger partial charge in [0.2, 0.25) is 0 Å². The third-order valence-corrected chi connectivity index (χ3v) is 5.42. The summed E-state index contributed by atoms with van der Waals surface area (Å²) in [7, 11) is 0. The molecule has 0 radical (unpaired) electrons. The third-order valence-electron chi connectivity index (χ3n) is 4.40. The Morgan fingerprint density at radius 2 is 1.37 bits per heavy atom. The zero-order valence-corrected chi connectivity index (χ0v) is 16.3. The summed E-state index contributed by atoms with van der Waals surface area (Å²) in [5.74, 6) is -0.496. The molecule has 0 saturated carbocycles. The topological polar surface area (TPSA) is 42.0 Å². The smallest absolute Gasteiger partial charge is 0.312 e. The second kappa shape index (κ2) is 8.12. The number of carbonyl (C=O) groups is 1. The minimum atomic E-state index is -4.45. The van der Waals surface area contributed by atoms with Crippen molar-refractivity contribution >= 4 is 22.2 Å². The Labute approximate surface area is 174 Å². The molecule has 0 fully saturated rings. The van der Waals surface area contributed by atoms with Gasteiger partial charge in [-0.05, 0) is 24.3 Å². The average Bonchev–Trinajstić information content (AvgIpc) is 3.18. The second-order valence-electron chi connectivity index (χ2n) is 6.46. The number of benzene rings is 3. The van der Waals surface area contributed by atoms with Crippen molar-refractivity contribution in [2.24, 2.45) is 0 Å². The van der Waals surface area contributed by atoms with Crippen LogP contribution in [0.4, 0.5) is 18.2 Å². The maximum absolute atomic E-state index is 12.8. The van der Waals surface area contributed by atoms with Crippen LogP contribution in [0.5, 0.6) is 0 Å². The molecule has 0 aliphatic carbocycles. The minimum absolute atomic E-state index is 0.136. The van der Waals surface area contributed by atoms with Crippen LogP contribution < -0.4 is 5.32 Å². The fourth-order valence-electron chi connectivity index (χ4n) is 2.89. The first-order valence-corrected chi connectivity index (χ1v) is 9.84. The van der Waals surface area contributed by atoms with E-state index in [0.29, 0.717) is 10.7 Å². The number of halogens is 3. The van der Waals surface area contributed by atoms with Crippen molar-refractivity contribution in [3.05, 3.63) is 96.1 Å². The SMILES string of the molecule is O=C(Nc1sc(-c2ccccc2)nc1-c1ccccc1)c1ccc(C(F)(F)F)cc1. The number of nitrogens with zero attached hydrogens (tertiary/aromatic N) is 1. The van der Waals surface area contributed by atoms with E-state index in [1.54, 1.807) is 0 Å². The van der Waals surface area contributed by atoms with Gasteiger partial charge in [-0.15, -0.1) is 0 Å². The molecule has 0 atom stereocenters. The Kier molecular flexibility index (Phi) is 5.37. The Balaban J connectivity index is 1.67. The number of hydrogen-bond donors (Lipinski definition) is 1. The summed E-state index contributed by atoms with van der Waals surface area (Å²) in [4.78, 5) is 17.4. The van der Waals surface area contributed by atoms with Gasteiger partial charge in [-0.3, -0.25) is 4.79 Å². The molecule has 0 unspecified atom stereocenters. The molecule has 4 aromatic rings. The van der Waals surface area contributed by atoms with Gasteiger partial charge in [-0.25, -0.2) is 4.98 Å². The highest BCUT2D eigenvalue weighted by molar-refractivity contribution is 7.19. The van der Waals surface area contributed by atoms with E-state index in [4.69, 9.17) is 4.98 Å². The number of rotatable bonds is 4. The number of aromatic nitrogens is 1. The largest absolute Gasteiger partial charge is 0.416 e. The van der Waals surface area contributed by atoms with E-state index in [0.717, 1.165) is 28.3 Å². The maximum atomic E-state index is 12.8. The van der Waals surface area contributed by atoms with Gasteiger partial charge >= 0.3 is 6.18 Å². The van der Waals surface area contributed by atoms with Crippen LogP contribution in [0, 0.1) is 0 Å². The maximum Gasteiger partial charge on any atom is 0.416 e. The second-order valence-corrected chi connectivity index (χ2v) is 7.46. The molecule has 3 nitrogen and oxygen atoms in total. The van der Waals surface area contributed by atoms with Crippen LogP contribution >= 0.6 is 11.3 Å². The lowest BCUT2D eigenvalue weighted by molar-refractivity contribution is -0.137. The molecule has 0 spiro atoms. The summed E-state index contributed by atoms with van der Waals surface area (Å²) < 4.78 is 38.3. The number of amides is 1. The lowest BCUT2D eigenvalue weighted by atomic mass is 10.1. The zero-order chi connectivity index (χ0) is 21.1. The highest BCUT2D eigenvalue weighted by Gasteiger charge is 2.30. The Morgan fingerprint density at radius 1 is 0.800 bits per heavy atom. The van der Waals surface area contributed by atoms with Crippen LogP contribution in [-0.4, -0.2) is 10.9 Å². The number of anilines is 1. The monoisotopic (exact) mass is 424 g/mol. The fraction of sp³-hybridized carbons (Fsp3) is 0.0435. The molecule has 4 rings (SSSR count). The molecule has 3 aromatic carbocycles. The molecular formula is C23H15F3N2OS. The van der Waals surface area contributed by atoms with Crippen LogP contribution in [0.15, 0.2) is 84.9 Å². The van der Waals surface area contributed by atoms with Gasteiger partial charge in [0.1, 0.15) is 15.7 Å². The van der Waals surface area contributed by atoms with Gasteiger partial charge in [-0.2, -0.15) is 13.2 Å². The first-order valence-electron chi connectivity index (χ1n) is 9.02. The summed E-state index contributed by atoms with van der Waals surface area (Å²) in [6.07, 6.45) is -4.45. The molecule has 150 valence electrons. The van der Waals surface area contributed by atoms with Gasteiger partial charge in [0, 0.05) is 16.7 Å². The molecule has 30 heavy (non-hydrogen) atoms. The van der Waals surface area contributed by atoms with Crippen LogP contribution in [0.3, 0.4) is 0 Å². The third kappa shape index (κ3) is 4.26. The summed E-state index contributed by atoms with van der Waals surface area (Å²) in [5.41, 5.74) is 1.69. The van der Waals surface area contributed by atoms with Crippen molar-refractivity contribution in [3.8, 4) is 21.8 Å². The predicted octanol–water partition coefficient (Wildman–Crippen LogP) is 6.75. The number of nitrogens with one attached hydrogen (secondary N) is 1. The zero-order valence-electron chi connectivity index (χ0n) is 15.5. The predicted molar refractivity (Wildman–Crippen MR) is 112 cm³/mol. The lowest BCUT2D eigenvalue weighted by Gasteiger charge is -2.08. The molecule has 0 bridgehead atoms. The first-order chi connectivity index (χ1) is 14.4. The standard InChI is InChI=1S/C23H15F3N2OS/c24-23(25,26)18-13-11-16(12-14-18)20(29)28-22-19(15-7-3-1-4-8-15)27-21(30-22)17-9-5-2-6-10-17/h1-14H,(H,28,29). The van der Waals surface area contributed by atoms with E-state index in [9.17, 15) is 18.0 Å². The molecule has 1 N–H and O–H groups in total. The Bertz CT molecular complexity index is 1150. The lowest BCUT2D eigenvalue weighted by Crippen LogP contribution is -2.12. The molecule has 0 aliphatic heterocycles. The van der Waals surface area contributed by atoms with Gasteiger partial charge in [0.05, 0.1) is 5.56 Å². The van der Waals surface area contributed by atoms with Crippen LogP contribution in [-0.2, 0) is 6.18 Å². The summed E-state index contributed by atoms with van der Waals surface area (Å²) in [6.45, 7) is 0. The van der Waals surface area contributed by atoms with Gasteiger partial charge < -0.3 is 5.32 Å². The normalized spacial score (nSPS) is 11.3. The van der Waals surface area contributed by atoms with Gasteiger partial charge in [0.25, 0.3) is 5.91 Å². The number of carbonyl (C=O) groups excluding carboxylic acids is 1. The van der Waals surface area contributed by atoms with Crippen molar-refractivity contribution < 1.29 is 18.0 Å². The van der Waals surface area contributed by atoms with E-state index in [1.807, 2.05) is 60.7 Å². The summed E-state index contributed by atoms with van der Waals surface area (Å²) in [5, 5.41) is 4.08. The van der Waals surface area contributed by atoms with Crippen molar-refractivity contribution in [1.29, 1.82) is 0 Å². The van der Waals surface area contributed by atoms with Crippen LogP contribution in [0.1, 0.15) is 15.9 Å². The van der Waals surface area contributed by atoms with Crippen molar-refractivity contribution in [2.75, 3.05) is 5.32 Å². The highest BCUT2D eigenvalue weighted by Crippen LogP contribution is 2.38. The number of thiazole rings is 1. The van der Waals surface area contributed by atoms with E-state index in [2.05, 4.69) is 5.32 Å². The van der Waals surface area contributed by atoms with Crippen LogP contribution in [0.2, 0.25) is 0 Å². The highest BCUT2D eigenvalue weighted by atomic mass is 32.1. The molecule has 0 saturated heterocycles. The number of alkyl halides is 3. The quantitative estimate of drug-likeness (QED) is 0.394. The van der Waals surface area contributed by atoms with Gasteiger partial charge in [0.15, 0.2) is 0 Å². The average molecular weight is 424 g/mol. The molecular weight excluding hydrogens is 409 g/mol.